The Balaban J connectivity index is 2.07. The smallest absolute Gasteiger partial charge is 0.161 e. The third-order valence-electron chi connectivity index (χ3n) is 3.03. The molecule has 0 radical (unpaired) electrons. The molecular formula is C14H19N3OS. The van der Waals surface area contributed by atoms with E-state index in [1.54, 1.807) is 29.8 Å². The highest BCUT2D eigenvalue weighted by atomic mass is 32.2. The second-order valence-corrected chi connectivity index (χ2v) is 5.47. The fraction of sp³-hybridized carbons (Fsp3) is 0.357. The van der Waals surface area contributed by atoms with Gasteiger partial charge in [-0.1, -0.05) is 18.2 Å². The number of benzene rings is 1. The lowest BCUT2D eigenvalue weighted by Gasteiger charge is -2.14. The van der Waals surface area contributed by atoms with Crippen LogP contribution in [0.25, 0.3) is 0 Å². The summed E-state index contributed by atoms with van der Waals surface area (Å²) in [5, 5.41) is 4.18. The van der Waals surface area contributed by atoms with Gasteiger partial charge < -0.3 is 10.5 Å². The lowest BCUT2D eigenvalue weighted by atomic mass is 10.2. The second kappa shape index (κ2) is 6.12. The summed E-state index contributed by atoms with van der Waals surface area (Å²) in [4.78, 5) is 1.26. The van der Waals surface area contributed by atoms with E-state index in [1.165, 1.54) is 10.5 Å². The Kier molecular flexibility index (Phi) is 4.50. The minimum Gasteiger partial charge on any atom is -0.493 e. The summed E-state index contributed by atoms with van der Waals surface area (Å²) in [6, 6.07) is 8.22. The Morgan fingerprint density at radius 2 is 2.16 bits per heavy atom. The van der Waals surface area contributed by atoms with Crippen molar-refractivity contribution in [1.82, 2.24) is 9.78 Å². The Hall–Kier alpha value is -1.46. The van der Waals surface area contributed by atoms with Crippen molar-refractivity contribution in [2.45, 2.75) is 17.9 Å². The normalized spacial score (nSPS) is 12.4. The minimum absolute atomic E-state index is 0.105. The van der Waals surface area contributed by atoms with E-state index in [4.69, 9.17) is 10.5 Å². The van der Waals surface area contributed by atoms with Gasteiger partial charge in [0.25, 0.3) is 0 Å². The highest BCUT2D eigenvalue weighted by molar-refractivity contribution is 7.99. The van der Waals surface area contributed by atoms with Gasteiger partial charge in [0.2, 0.25) is 0 Å². The van der Waals surface area contributed by atoms with E-state index in [2.05, 4.69) is 24.2 Å². The molecule has 0 aliphatic carbocycles. The first kappa shape index (κ1) is 14.0. The van der Waals surface area contributed by atoms with Gasteiger partial charge in [0.15, 0.2) is 5.75 Å². The van der Waals surface area contributed by atoms with Crippen molar-refractivity contribution in [3.63, 3.8) is 0 Å². The Labute approximate surface area is 117 Å². The highest BCUT2D eigenvalue weighted by Gasteiger charge is 2.17. The van der Waals surface area contributed by atoms with Crippen molar-refractivity contribution < 1.29 is 4.74 Å². The third-order valence-corrected chi connectivity index (χ3v) is 4.33. The minimum atomic E-state index is -0.105. The van der Waals surface area contributed by atoms with Gasteiger partial charge in [-0.25, -0.2) is 0 Å². The zero-order valence-electron chi connectivity index (χ0n) is 11.5. The van der Waals surface area contributed by atoms with Crippen LogP contribution in [0.2, 0.25) is 0 Å². The first-order valence-corrected chi connectivity index (χ1v) is 7.12. The number of nitrogens with zero attached hydrogens (tertiary/aromatic N) is 2. The van der Waals surface area contributed by atoms with Crippen LogP contribution in [0.1, 0.15) is 17.3 Å². The van der Waals surface area contributed by atoms with Gasteiger partial charge in [0.05, 0.1) is 25.0 Å². The van der Waals surface area contributed by atoms with Gasteiger partial charge in [-0.2, -0.15) is 5.10 Å². The first-order chi connectivity index (χ1) is 9.13. The van der Waals surface area contributed by atoms with Crippen LogP contribution in [0.4, 0.5) is 0 Å². The molecule has 0 saturated heterocycles. The molecule has 2 aromatic rings. The number of hydrogen-bond acceptors (Lipinski definition) is 4. The van der Waals surface area contributed by atoms with Gasteiger partial charge >= 0.3 is 0 Å². The van der Waals surface area contributed by atoms with Crippen LogP contribution >= 0.6 is 11.8 Å². The van der Waals surface area contributed by atoms with Crippen molar-refractivity contribution in [3.05, 3.63) is 41.7 Å². The van der Waals surface area contributed by atoms with Gasteiger partial charge in [-0.15, -0.1) is 11.8 Å². The molecule has 19 heavy (non-hydrogen) atoms. The molecule has 1 aromatic heterocycles. The zero-order valence-corrected chi connectivity index (χ0v) is 12.3. The first-order valence-electron chi connectivity index (χ1n) is 6.13. The molecule has 4 nitrogen and oxygen atoms in total. The molecule has 2 rings (SSSR count). The second-order valence-electron chi connectivity index (χ2n) is 4.40. The summed E-state index contributed by atoms with van der Waals surface area (Å²) in [5.41, 5.74) is 8.46. The predicted octanol–water partition coefficient (Wildman–Crippen LogP) is 2.53. The number of nitrogens with two attached hydrogens (primary N) is 1. The van der Waals surface area contributed by atoms with E-state index < -0.39 is 0 Å². The number of ether oxygens (including phenoxy) is 1. The lowest BCUT2D eigenvalue weighted by molar-refractivity contribution is 0.405. The van der Waals surface area contributed by atoms with E-state index in [0.29, 0.717) is 0 Å². The average molecular weight is 277 g/mol. The van der Waals surface area contributed by atoms with Crippen molar-refractivity contribution >= 4 is 11.8 Å². The maximum atomic E-state index is 6.25. The number of thioether (sulfide) groups is 1. The number of methoxy groups -OCH3 is 1. The molecule has 0 aliphatic heterocycles. The molecular weight excluding hydrogens is 258 g/mol. The largest absolute Gasteiger partial charge is 0.493 e. The van der Waals surface area contributed by atoms with E-state index >= 15 is 0 Å². The summed E-state index contributed by atoms with van der Waals surface area (Å²) in [5.74, 6) is 1.54. The van der Waals surface area contributed by atoms with Gasteiger partial charge in [0, 0.05) is 17.7 Å². The van der Waals surface area contributed by atoms with Crippen LogP contribution in [-0.4, -0.2) is 22.6 Å². The summed E-state index contributed by atoms with van der Waals surface area (Å²) < 4.78 is 7.07. The topological polar surface area (TPSA) is 53.1 Å². The maximum absolute atomic E-state index is 6.25. The van der Waals surface area contributed by atoms with Gasteiger partial charge in [0.1, 0.15) is 0 Å². The molecule has 2 N–H and O–H groups in total. The molecule has 5 heteroatoms. The van der Waals surface area contributed by atoms with E-state index in [0.717, 1.165) is 17.2 Å². The van der Waals surface area contributed by atoms with E-state index in [-0.39, 0.29) is 6.04 Å². The molecule has 0 amide bonds. The molecule has 0 bridgehead atoms. The number of aryl methyl sites for hydroxylation is 2. The fourth-order valence-corrected chi connectivity index (χ4v) is 2.97. The number of aromatic nitrogens is 2. The van der Waals surface area contributed by atoms with Crippen LogP contribution < -0.4 is 10.5 Å². The molecule has 0 saturated carbocycles. The SMILES string of the molecule is COc1cnn(C)c1C(N)CSc1ccccc1C. The van der Waals surface area contributed by atoms with Crippen molar-refractivity contribution in [3.8, 4) is 5.75 Å². The van der Waals surface area contributed by atoms with Crippen LogP contribution in [0.5, 0.6) is 5.75 Å². The molecule has 1 heterocycles. The summed E-state index contributed by atoms with van der Waals surface area (Å²) in [6.07, 6.45) is 1.70. The fourth-order valence-electron chi connectivity index (χ4n) is 1.98. The number of rotatable bonds is 5. The maximum Gasteiger partial charge on any atom is 0.161 e. The molecule has 0 fully saturated rings. The molecule has 0 spiro atoms. The molecule has 102 valence electrons. The average Bonchev–Trinajstić information content (AvgIpc) is 2.78. The molecule has 1 unspecified atom stereocenters. The Morgan fingerprint density at radius 1 is 1.42 bits per heavy atom. The quantitative estimate of drug-likeness (QED) is 0.853. The predicted molar refractivity (Wildman–Crippen MR) is 78.6 cm³/mol. The lowest BCUT2D eigenvalue weighted by Crippen LogP contribution is -2.17. The van der Waals surface area contributed by atoms with Crippen LogP contribution in [0.3, 0.4) is 0 Å². The Morgan fingerprint density at radius 3 is 2.84 bits per heavy atom. The summed E-state index contributed by atoms with van der Waals surface area (Å²) in [7, 11) is 3.53. The van der Waals surface area contributed by atoms with E-state index in [9.17, 15) is 0 Å². The summed E-state index contributed by atoms with van der Waals surface area (Å²) >= 11 is 1.76. The van der Waals surface area contributed by atoms with Crippen molar-refractivity contribution in [1.29, 1.82) is 0 Å². The third kappa shape index (κ3) is 3.11. The molecule has 1 atom stereocenters. The molecule has 0 aliphatic rings. The standard InChI is InChI=1S/C14H19N3OS/c1-10-6-4-5-7-13(10)19-9-11(15)14-12(18-3)8-16-17(14)2/h4-8,11H,9,15H2,1-3H3. The van der Waals surface area contributed by atoms with Crippen LogP contribution in [0.15, 0.2) is 35.4 Å². The highest BCUT2D eigenvalue weighted by Crippen LogP contribution is 2.29. The van der Waals surface area contributed by atoms with Gasteiger partial charge in [-0.3, -0.25) is 4.68 Å². The van der Waals surface area contributed by atoms with Gasteiger partial charge in [-0.05, 0) is 18.6 Å². The van der Waals surface area contributed by atoms with E-state index in [1.807, 2.05) is 19.2 Å². The van der Waals surface area contributed by atoms with Crippen molar-refractivity contribution in [2.75, 3.05) is 12.9 Å². The zero-order chi connectivity index (χ0) is 13.8. The van der Waals surface area contributed by atoms with Crippen LogP contribution in [0, 0.1) is 6.92 Å². The number of hydrogen-bond donors (Lipinski definition) is 1. The van der Waals surface area contributed by atoms with Crippen molar-refractivity contribution in [2.24, 2.45) is 12.8 Å². The Bertz CT molecular complexity index is 553. The molecule has 1 aromatic carbocycles. The summed E-state index contributed by atoms with van der Waals surface area (Å²) in [6.45, 7) is 2.11. The van der Waals surface area contributed by atoms with Crippen LogP contribution in [-0.2, 0) is 7.05 Å². The monoisotopic (exact) mass is 277 g/mol.